The number of carbonyl (C=O) groups excluding carboxylic acids is 1. The second-order valence-corrected chi connectivity index (χ2v) is 4.55. The van der Waals surface area contributed by atoms with Crippen molar-refractivity contribution in [3.63, 3.8) is 0 Å². The Bertz CT molecular complexity index is 547. The Morgan fingerprint density at radius 2 is 2.17 bits per heavy atom. The maximum absolute atomic E-state index is 11.9. The van der Waals surface area contributed by atoms with Gasteiger partial charge in [-0.25, -0.2) is 0 Å². The van der Waals surface area contributed by atoms with Gasteiger partial charge in [-0.05, 0) is 19.9 Å². The zero-order valence-electron chi connectivity index (χ0n) is 9.86. The highest BCUT2D eigenvalue weighted by Gasteiger charge is 2.21. The summed E-state index contributed by atoms with van der Waals surface area (Å²) < 4.78 is 0. The number of hydrogen-bond donors (Lipinski definition) is 1. The molecular weight excluding hydrogens is 256 g/mol. The SMILES string of the molecule is C#CC(C)(C)NC(=O)c1cc([N+](=O)[O-])ccc1Cl. The van der Waals surface area contributed by atoms with Crippen LogP contribution in [0.5, 0.6) is 0 Å². The summed E-state index contributed by atoms with van der Waals surface area (Å²) in [5.41, 5.74) is -1.04. The molecule has 1 amide bonds. The van der Waals surface area contributed by atoms with Crippen molar-refractivity contribution in [1.29, 1.82) is 0 Å². The van der Waals surface area contributed by atoms with E-state index < -0.39 is 16.4 Å². The van der Waals surface area contributed by atoms with Crippen LogP contribution < -0.4 is 5.32 Å². The summed E-state index contributed by atoms with van der Waals surface area (Å²) in [5, 5.41) is 13.3. The van der Waals surface area contributed by atoms with Gasteiger partial charge in [0.2, 0.25) is 0 Å². The van der Waals surface area contributed by atoms with E-state index in [9.17, 15) is 14.9 Å². The van der Waals surface area contributed by atoms with Crippen molar-refractivity contribution in [2.24, 2.45) is 0 Å². The molecule has 0 bridgehead atoms. The van der Waals surface area contributed by atoms with E-state index in [-0.39, 0.29) is 16.3 Å². The molecule has 0 fully saturated rings. The van der Waals surface area contributed by atoms with Crippen molar-refractivity contribution in [3.8, 4) is 12.3 Å². The van der Waals surface area contributed by atoms with Crippen molar-refractivity contribution >= 4 is 23.2 Å². The molecule has 5 nitrogen and oxygen atoms in total. The number of terminal acetylenes is 1. The molecule has 94 valence electrons. The molecule has 0 spiro atoms. The van der Waals surface area contributed by atoms with E-state index in [1.54, 1.807) is 13.8 Å². The molecule has 0 unspecified atom stereocenters. The van der Waals surface area contributed by atoms with Crippen LogP contribution in [0.15, 0.2) is 18.2 Å². The number of hydrogen-bond acceptors (Lipinski definition) is 3. The van der Waals surface area contributed by atoms with Gasteiger partial charge in [-0.1, -0.05) is 17.5 Å². The summed E-state index contributed by atoms with van der Waals surface area (Å²) in [7, 11) is 0. The first-order chi connectivity index (χ1) is 8.26. The van der Waals surface area contributed by atoms with E-state index >= 15 is 0 Å². The zero-order chi connectivity index (χ0) is 13.9. The molecule has 1 rings (SSSR count). The van der Waals surface area contributed by atoms with Crippen molar-refractivity contribution in [3.05, 3.63) is 38.9 Å². The summed E-state index contributed by atoms with van der Waals surface area (Å²) in [6.07, 6.45) is 5.24. The molecule has 0 heterocycles. The second kappa shape index (κ2) is 5.07. The Morgan fingerprint density at radius 1 is 1.56 bits per heavy atom. The monoisotopic (exact) mass is 266 g/mol. The van der Waals surface area contributed by atoms with Crippen LogP contribution in [0.3, 0.4) is 0 Å². The highest BCUT2D eigenvalue weighted by molar-refractivity contribution is 6.34. The second-order valence-electron chi connectivity index (χ2n) is 4.14. The lowest BCUT2D eigenvalue weighted by atomic mass is 10.1. The minimum absolute atomic E-state index is 0.0224. The first-order valence-corrected chi connectivity index (χ1v) is 5.39. The molecule has 1 aromatic rings. The third-order valence-electron chi connectivity index (χ3n) is 2.19. The number of rotatable bonds is 3. The first-order valence-electron chi connectivity index (χ1n) is 5.01. The quantitative estimate of drug-likeness (QED) is 0.519. The molecule has 0 aliphatic heterocycles. The maximum atomic E-state index is 11.9. The van der Waals surface area contributed by atoms with Gasteiger partial charge in [-0.15, -0.1) is 6.42 Å². The van der Waals surface area contributed by atoms with Gasteiger partial charge in [0.1, 0.15) is 0 Å². The van der Waals surface area contributed by atoms with Gasteiger partial charge in [-0.2, -0.15) is 0 Å². The number of nitro benzene ring substituents is 1. The predicted octanol–water partition coefficient (Wildman–Crippen LogP) is 2.39. The van der Waals surface area contributed by atoms with Crippen LogP contribution in [0.25, 0.3) is 0 Å². The molecule has 0 radical (unpaired) electrons. The third kappa shape index (κ3) is 3.22. The molecule has 0 aliphatic rings. The fraction of sp³-hybridized carbons (Fsp3) is 0.250. The Balaban J connectivity index is 3.10. The number of amides is 1. The molecule has 0 saturated carbocycles. The molecule has 6 heteroatoms. The summed E-state index contributed by atoms with van der Waals surface area (Å²) in [6, 6.07) is 3.65. The lowest BCUT2D eigenvalue weighted by Gasteiger charge is -2.19. The lowest BCUT2D eigenvalue weighted by Crippen LogP contribution is -2.42. The Morgan fingerprint density at radius 3 is 2.67 bits per heavy atom. The lowest BCUT2D eigenvalue weighted by molar-refractivity contribution is -0.384. The van der Waals surface area contributed by atoms with Gasteiger partial charge in [0.15, 0.2) is 0 Å². The van der Waals surface area contributed by atoms with Gasteiger partial charge >= 0.3 is 0 Å². The summed E-state index contributed by atoms with van der Waals surface area (Å²) >= 11 is 5.83. The van der Waals surface area contributed by atoms with E-state index in [0.29, 0.717) is 0 Å². The van der Waals surface area contributed by atoms with Crippen molar-refractivity contribution in [1.82, 2.24) is 5.32 Å². The zero-order valence-corrected chi connectivity index (χ0v) is 10.6. The summed E-state index contributed by atoms with van der Waals surface area (Å²) in [5.74, 6) is 1.84. The van der Waals surface area contributed by atoms with Gasteiger partial charge in [0.25, 0.3) is 11.6 Å². The summed E-state index contributed by atoms with van der Waals surface area (Å²) in [6.45, 7) is 3.27. The Hall–Kier alpha value is -2.06. The first kappa shape index (κ1) is 14.0. The summed E-state index contributed by atoms with van der Waals surface area (Å²) in [4.78, 5) is 21.9. The van der Waals surface area contributed by atoms with E-state index in [2.05, 4.69) is 11.2 Å². The van der Waals surface area contributed by atoms with Gasteiger partial charge in [0.05, 0.1) is 21.0 Å². The number of nitro groups is 1. The highest BCUT2D eigenvalue weighted by atomic mass is 35.5. The topological polar surface area (TPSA) is 72.2 Å². The number of nitrogens with zero attached hydrogens (tertiary/aromatic N) is 1. The average molecular weight is 267 g/mol. The fourth-order valence-electron chi connectivity index (χ4n) is 1.19. The van der Waals surface area contributed by atoms with Gasteiger partial charge < -0.3 is 5.32 Å². The largest absolute Gasteiger partial charge is 0.336 e. The number of carbonyl (C=O) groups is 1. The molecule has 1 aromatic carbocycles. The normalized spacial score (nSPS) is 10.6. The Kier molecular flexibility index (Phi) is 3.94. The molecule has 1 N–H and O–H groups in total. The fourth-order valence-corrected chi connectivity index (χ4v) is 1.39. The number of nitrogens with one attached hydrogen (secondary N) is 1. The van der Waals surface area contributed by atoms with Crippen molar-refractivity contribution in [2.75, 3.05) is 0 Å². The molecule has 18 heavy (non-hydrogen) atoms. The van der Waals surface area contributed by atoms with Crippen LogP contribution >= 0.6 is 11.6 Å². The van der Waals surface area contributed by atoms with Crippen LogP contribution in [0, 0.1) is 22.5 Å². The maximum Gasteiger partial charge on any atom is 0.270 e. The van der Waals surface area contributed by atoms with E-state index in [1.807, 2.05) is 0 Å². The molecule has 0 saturated heterocycles. The van der Waals surface area contributed by atoms with Crippen molar-refractivity contribution in [2.45, 2.75) is 19.4 Å². The standard InChI is InChI=1S/C12H11ClN2O3/c1-4-12(2,3)14-11(16)9-7-8(15(17)18)5-6-10(9)13/h1,5-7H,2-3H3,(H,14,16). The van der Waals surface area contributed by atoms with Crippen LogP contribution in [-0.2, 0) is 0 Å². The minimum atomic E-state index is -0.856. The van der Waals surface area contributed by atoms with E-state index in [4.69, 9.17) is 18.0 Å². The molecule has 0 aliphatic carbocycles. The number of non-ortho nitro benzene ring substituents is 1. The van der Waals surface area contributed by atoms with Crippen molar-refractivity contribution < 1.29 is 9.72 Å². The molecule has 0 aromatic heterocycles. The number of halogens is 1. The smallest absolute Gasteiger partial charge is 0.270 e. The minimum Gasteiger partial charge on any atom is -0.336 e. The van der Waals surface area contributed by atoms with Crippen LogP contribution in [-0.4, -0.2) is 16.4 Å². The van der Waals surface area contributed by atoms with Crippen LogP contribution in [0.2, 0.25) is 5.02 Å². The van der Waals surface area contributed by atoms with Crippen LogP contribution in [0.1, 0.15) is 24.2 Å². The van der Waals surface area contributed by atoms with E-state index in [1.165, 1.54) is 12.1 Å². The Labute approximate surface area is 109 Å². The van der Waals surface area contributed by atoms with Gasteiger partial charge in [0, 0.05) is 12.1 Å². The predicted molar refractivity (Wildman–Crippen MR) is 68.5 cm³/mol. The van der Waals surface area contributed by atoms with E-state index in [0.717, 1.165) is 6.07 Å². The highest BCUT2D eigenvalue weighted by Crippen LogP contribution is 2.22. The molecule has 0 atom stereocenters. The van der Waals surface area contributed by atoms with Crippen LogP contribution in [0.4, 0.5) is 5.69 Å². The average Bonchev–Trinajstić information content (AvgIpc) is 2.28. The molecular formula is C12H11ClN2O3. The third-order valence-corrected chi connectivity index (χ3v) is 2.52. The van der Waals surface area contributed by atoms with Gasteiger partial charge in [-0.3, -0.25) is 14.9 Å². The number of benzene rings is 1.